The molecule has 0 radical (unpaired) electrons. The van der Waals surface area contributed by atoms with E-state index in [1.807, 2.05) is 6.92 Å². The van der Waals surface area contributed by atoms with Gasteiger partial charge in [-0.15, -0.1) is 10.2 Å². The molecule has 2 atom stereocenters. The molecule has 22 heavy (non-hydrogen) atoms. The number of hydrogen-bond donors (Lipinski definition) is 1. The Morgan fingerprint density at radius 3 is 2.82 bits per heavy atom. The first-order valence-corrected chi connectivity index (χ1v) is 9.52. The number of rotatable bonds is 4. The van der Waals surface area contributed by atoms with Crippen LogP contribution in [0.4, 0.5) is 0 Å². The van der Waals surface area contributed by atoms with Gasteiger partial charge in [-0.2, -0.15) is 8.42 Å². The molecule has 3 heterocycles. The van der Waals surface area contributed by atoms with Gasteiger partial charge in [0.2, 0.25) is 5.91 Å². The van der Waals surface area contributed by atoms with Crippen molar-refractivity contribution in [3.63, 3.8) is 0 Å². The number of carbonyl (C=O) groups is 2. The molecule has 1 N–H and O–H groups in total. The highest BCUT2D eigenvalue weighted by Gasteiger charge is 2.59. The SMILES string of the molecule is Cc1nnc(SCC(=O)N2CCC3C2C(=O)N3S(=O)(=O)O)s1. The van der Waals surface area contributed by atoms with Crippen molar-refractivity contribution >= 4 is 45.2 Å². The van der Waals surface area contributed by atoms with Crippen molar-refractivity contribution in [1.29, 1.82) is 0 Å². The maximum absolute atomic E-state index is 12.2. The number of carbonyl (C=O) groups excluding carboxylic acids is 2. The number of fused-ring (bicyclic) bond motifs is 1. The standard InChI is InChI=1S/C10H12N4O5S3/c1-5-11-12-10(21-5)20-4-7(15)13-3-2-6-8(13)9(16)14(6)22(17,18)19/h6,8H,2-4H2,1H3,(H,17,18,19). The predicted molar refractivity (Wildman–Crippen MR) is 77.7 cm³/mol. The molecule has 1 aromatic heterocycles. The number of aryl methyl sites for hydroxylation is 1. The lowest BCUT2D eigenvalue weighted by Gasteiger charge is -2.42. The molecule has 12 heteroatoms. The highest BCUT2D eigenvalue weighted by Crippen LogP contribution is 2.36. The summed E-state index contributed by atoms with van der Waals surface area (Å²) in [5.41, 5.74) is 0. The van der Waals surface area contributed by atoms with E-state index in [2.05, 4.69) is 10.2 Å². The van der Waals surface area contributed by atoms with E-state index in [4.69, 9.17) is 4.55 Å². The fourth-order valence-corrected chi connectivity index (χ4v) is 5.24. The average molecular weight is 364 g/mol. The first-order chi connectivity index (χ1) is 10.3. The van der Waals surface area contributed by atoms with E-state index in [0.717, 1.165) is 5.01 Å². The van der Waals surface area contributed by atoms with Crippen LogP contribution >= 0.6 is 23.1 Å². The van der Waals surface area contributed by atoms with E-state index >= 15 is 0 Å². The Labute approximate surface area is 134 Å². The van der Waals surface area contributed by atoms with Crippen molar-refractivity contribution < 1.29 is 22.6 Å². The van der Waals surface area contributed by atoms with E-state index in [1.165, 1.54) is 28.0 Å². The van der Waals surface area contributed by atoms with Crippen molar-refractivity contribution in [3.05, 3.63) is 5.01 Å². The van der Waals surface area contributed by atoms with Crippen LogP contribution in [0.3, 0.4) is 0 Å². The van der Waals surface area contributed by atoms with Crippen LogP contribution in [0, 0.1) is 6.92 Å². The molecule has 0 aliphatic carbocycles. The third-order valence-corrected chi connectivity index (χ3v) is 6.44. The van der Waals surface area contributed by atoms with Gasteiger partial charge in [0.05, 0.1) is 11.8 Å². The lowest BCUT2D eigenvalue weighted by molar-refractivity contribution is -0.150. The maximum Gasteiger partial charge on any atom is 0.362 e. The zero-order chi connectivity index (χ0) is 16.1. The lowest BCUT2D eigenvalue weighted by Crippen LogP contribution is -2.68. The molecule has 2 amide bonds. The monoisotopic (exact) mass is 364 g/mol. The summed E-state index contributed by atoms with van der Waals surface area (Å²) < 4.78 is 32.3. The predicted octanol–water partition coefficient (Wildman–Crippen LogP) is -0.447. The number of amides is 2. The van der Waals surface area contributed by atoms with Crippen molar-refractivity contribution in [3.8, 4) is 0 Å². The van der Waals surface area contributed by atoms with Crippen LogP contribution in [0.15, 0.2) is 4.34 Å². The second-order valence-electron chi connectivity index (χ2n) is 4.88. The Morgan fingerprint density at radius 1 is 1.50 bits per heavy atom. The Kier molecular flexibility index (Phi) is 3.87. The van der Waals surface area contributed by atoms with E-state index in [1.54, 1.807) is 0 Å². The summed E-state index contributed by atoms with van der Waals surface area (Å²) in [4.78, 5) is 25.4. The zero-order valence-electron chi connectivity index (χ0n) is 11.4. The highest BCUT2D eigenvalue weighted by molar-refractivity contribution is 8.01. The topological polar surface area (TPSA) is 121 Å². The normalized spacial score (nSPS) is 24.4. The Hall–Kier alpha value is -1.24. The van der Waals surface area contributed by atoms with Crippen molar-refractivity contribution in [2.24, 2.45) is 0 Å². The molecule has 120 valence electrons. The minimum atomic E-state index is -4.55. The van der Waals surface area contributed by atoms with Gasteiger partial charge in [-0.05, 0) is 13.3 Å². The minimum Gasteiger partial charge on any atom is -0.328 e. The molecule has 2 unspecified atom stereocenters. The fraction of sp³-hybridized carbons (Fsp3) is 0.600. The molecular weight excluding hydrogens is 352 g/mol. The number of β-lactam (4-membered cyclic amide) rings is 1. The van der Waals surface area contributed by atoms with Crippen LogP contribution in [0.1, 0.15) is 11.4 Å². The molecule has 2 aliphatic rings. The molecule has 2 fully saturated rings. The van der Waals surface area contributed by atoms with Crippen LogP contribution in [0.5, 0.6) is 0 Å². The quantitative estimate of drug-likeness (QED) is 0.433. The summed E-state index contributed by atoms with van der Waals surface area (Å²) in [5, 5.41) is 8.54. The Bertz CT molecular complexity index is 733. The highest BCUT2D eigenvalue weighted by atomic mass is 32.2. The lowest BCUT2D eigenvalue weighted by atomic mass is 10.0. The summed E-state index contributed by atoms with van der Waals surface area (Å²) in [7, 11) is -4.55. The van der Waals surface area contributed by atoms with Gasteiger partial charge in [0, 0.05) is 6.54 Å². The molecule has 0 bridgehead atoms. The second kappa shape index (κ2) is 5.44. The van der Waals surface area contributed by atoms with Crippen molar-refractivity contribution in [2.75, 3.05) is 12.3 Å². The van der Waals surface area contributed by atoms with Gasteiger partial charge in [-0.1, -0.05) is 23.1 Å². The average Bonchev–Trinajstić information content (AvgIpc) is 2.98. The second-order valence-corrected chi connectivity index (χ2v) is 8.57. The summed E-state index contributed by atoms with van der Waals surface area (Å²) in [6.07, 6.45) is 0.338. The molecule has 3 rings (SSSR count). The van der Waals surface area contributed by atoms with Crippen LogP contribution in [-0.2, 0) is 19.9 Å². The largest absolute Gasteiger partial charge is 0.362 e. The van der Waals surface area contributed by atoms with Gasteiger partial charge < -0.3 is 4.90 Å². The third kappa shape index (κ3) is 2.59. The molecule has 2 saturated heterocycles. The van der Waals surface area contributed by atoms with E-state index in [9.17, 15) is 18.0 Å². The Morgan fingerprint density at radius 2 is 2.23 bits per heavy atom. The smallest absolute Gasteiger partial charge is 0.328 e. The van der Waals surface area contributed by atoms with Crippen LogP contribution in [0.25, 0.3) is 0 Å². The van der Waals surface area contributed by atoms with Crippen LogP contribution in [-0.4, -0.2) is 68.6 Å². The van der Waals surface area contributed by atoms with E-state index in [0.29, 0.717) is 21.6 Å². The molecule has 0 aromatic carbocycles. The molecule has 0 saturated carbocycles. The first kappa shape index (κ1) is 15.6. The first-order valence-electron chi connectivity index (χ1n) is 6.32. The van der Waals surface area contributed by atoms with Crippen molar-refractivity contribution in [2.45, 2.75) is 29.8 Å². The summed E-state index contributed by atoms with van der Waals surface area (Å²) in [6.45, 7) is 2.10. The van der Waals surface area contributed by atoms with Gasteiger partial charge in [0.1, 0.15) is 11.0 Å². The molecule has 2 aliphatic heterocycles. The fourth-order valence-electron chi connectivity index (χ4n) is 2.64. The summed E-state index contributed by atoms with van der Waals surface area (Å²) in [6, 6.07) is -1.44. The Balaban J connectivity index is 1.62. The van der Waals surface area contributed by atoms with Gasteiger partial charge in [0.25, 0.3) is 5.91 Å². The van der Waals surface area contributed by atoms with Gasteiger partial charge in [-0.25, -0.2) is 4.31 Å². The number of likely N-dealkylation sites (tertiary alicyclic amines) is 1. The number of hydrogen-bond acceptors (Lipinski definition) is 8. The molecule has 9 nitrogen and oxygen atoms in total. The maximum atomic E-state index is 12.2. The van der Waals surface area contributed by atoms with Crippen molar-refractivity contribution in [1.82, 2.24) is 19.4 Å². The van der Waals surface area contributed by atoms with E-state index in [-0.39, 0.29) is 11.7 Å². The summed E-state index contributed by atoms with van der Waals surface area (Å²) >= 11 is 2.61. The molecule has 0 spiro atoms. The minimum absolute atomic E-state index is 0.108. The zero-order valence-corrected chi connectivity index (χ0v) is 13.8. The van der Waals surface area contributed by atoms with Gasteiger partial charge in [-0.3, -0.25) is 14.1 Å². The van der Waals surface area contributed by atoms with Crippen LogP contribution in [0.2, 0.25) is 0 Å². The number of aromatic nitrogens is 2. The third-order valence-electron chi connectivity index (χ3n) is 3.53. The number of nitrogens with zero attached hydrogens (tertiary/aromatic N) is 4. The molecular formula is C10H12N4O5S3. The molecule has 1 aromatic rings. The summed E-state index contributed by atoms with van der Waals surface area (Å²) in [5.74, 6) is -0.902. The van der Waals surface area contributed by atoms with Crippen LogP contribution < -0.4 is 0 Å². The van der Waals surface area contributed by atoms with Gasteiger partial charge >= 0.3 is 10.3 Å². The number of thioether (sulfide) groups is 1. The van der Waals surface area contributed by atoms with E-state index < -0.39 is 28.3 Å². The van der Waals surface area contributed by atoms with Gasteiger partial charge in [0.15, 0.2) is 4.34 Å².